The largest absolute Gasteiger partial charge is 0.294 e. The Morgan fingerprint density at radius 3 is 2.25 bits per heavy atom. The van der Waals surface area contributed by atoms with Crippen molar-refractivity contribution in [2.45, 2.75) is 17.7 Å². The van der Waals surface area contributed by atoms with Crippen LogP contribution in [-0.2, 0) is 14.8 Å². The average molecular weight is 521 g/mol. The van der Waals surface area contributed by atoms with Crippen molar-refractivity contribution in [3.63, 3.8) is 0 Å². The molecule has 1 aliphatic carbocycles. The zero-order chi connectivity index (χ0) is 25.1. The van der Waals surface area contributed by atoms with Gasteiger partial charge in [0.1, 0.15) is 0 Å². The Morgan fingerprint density at radius 1 is 0.972 bits per heavy atom. The van der Waals surface area contributed by atoms with Crippen LogP contribution in [0, 0.1) is 5.92 Å². The molecule has 0 aliphatic heterocycles. The van der Waals surface area contributed by atoms with Gasteiger partial charge in [0.2, 0.25) is 21.9 Å². The molecular formula is C27H25ClN4O3S. The number of halogens is 1. The van der Waals surface area contributed by atoms with Crippen LogP contribution < -0.4 is 5.32 Å². The number of benzene rings is 3. The Morgan fingerprint density at radius 2 is 1.61 bits per heavy atom. The summed E-state index contributed by atoms with van der Waals surface area (Å²) in [6.07, 6.45) is 3.76. The van der Waals surface area contributed by atoms with Crippen molar-refractivity contribution in [1.29, 1.82) is 0 Å². The van der Waals surface area contributed by atoms with Gasteiger partial charge in [0, 0.05) is 29.0 Å². The molecular weight excluding hydrogens is 496 g/mol. The average Bonchev–Trinajstić information content (AvgIpc) is 3.62. The van der Waals surface area contributed by atoms with E-state index in [-0.39, 0.29) is 17.4 Å². The van der Waals surface area contributed by atoms with E-state index in [0.29, 0.717) is 23.2 Å². The molecule has 5 rings (SSSR count). The highest BCUT2D eigenvalue weighted by molar-refractivity contribution is 7.89. The summed E-state index contributed by atoms with van der Waals surface area (Å²) in [6, 6.07) is 25.2. The highest BCUT2D eigenvalue weighted by Gasteiger charge is 2.33. The number of amides is 1. The third-order valence-corrected chi connectivity index (χ3v) is 8.07. The second-order valence-electron chi connectivity index (χ2n) is 8.76. The van der Waals surface area contributed by atoms with Crippen LogP contribution in [0.25, 0.3) is 16.9 Å². The first kappa shape index (κ1) is 24.2. The van der Waals surface area contributed by atoms with Crippen molar-refractivity contribution in [2.75, 3.05) is 18.4 Å². The van der Waals surface area contributed by atoms with E-state index in [1.165, 1.54) is 28.6 Å². The van der Waals surface area contributed by atoms with Gasteiger partial charge in [0.25, 0.3) is 0 Å². The second-order valence-corrected chi connectivity index (χ2v) is 11.1. The Hall–Kier alpha value is -3.46. The summed E-state index contributed by atoms with van der Waals surface area (Å²) >= 11 is 5.94. The Kier molecular flexibility index (Phi) is 6.91. The van der Waals surface area contributed by atoms with E-state index in [4.69, 9.17) is 11.6 Å². The molecule has 0 unspecified atom stereocenters. The van der Waals surface area contributed by atoms with E-state index in [0.717, 1.165) is 24.1 Å². The standard InChI is InChI=1S/C27H25ClN4O3S/c28-22-13-15-24(16-14-22)36(34,35)31(17-20-11-12-20)19-26(33)30-27-29-25(21-7-3-1-4-8-21)18-32(27)23-9-5-2-6-10-23/h1-10,13-16,18,20H,11-12,17,19H2,(H,29,30,33). The van der Waals surface area contributed by atoms with Crippen LogP contribution in [0.4, 0.5) is 5.95 Å². The van der Waals surface area contributed by atoms with E-state index in [9.17, 15) is 13.2 Å². The number of carbonyl (C=O) groups is 1. The third kappa shape index (κ3) is 5.51. The molecule has 1 saturated carbocycles. The normalized spacial score (nSPS) is 13.6. The minimum absolute atomic E-state index is 0.109. The quantitative estimate of drug-likeness (QED) is 0.327. The summed E-state index contributed by atoms with van der Waals surface area (Å²) in [5.41, 5.74) is 2.42. The number of imidazole rings is 1. The first-order chi connectivity index (χ1) is 17.4. The Labute approximate surface area is 215 Å². The van der Waals surface area contributed by atoms with Gasteiger partial charge < -0.3 is 0 Å². The molecule has 1 fully saturated rings. The zero-order valence-corrected chi connectivity index (χ0v) is 21.0. The number of anilines is 1. The first-order valence-electron chi connectivity index (χ1n) is 11.7. The van der Waals surface area contributed by atoms with Crippen LogP contribution in [0.1, 0.15) is 12.8 Å². The molecule has 0 atom stereocenters. The van der Waals surface area contributed by atoms with Crippen LogP contribution in [0.3, 0.4) is 0 Å². The summed E-state index contributed by atoms with van der Waals surface area (Å²) in [4.78, 5) is 18.0. The SMILES string of the molecule is O=C(CN(CC1CC1)S(=O)(=O)c1ccc(Cl)cc1)Nc1nc(-c2ccccc2)cn1-c1ccccc1. The minimum atomic E-state index is -3.87. The summed E-state index contributed by atoms with van der Waals surface area (Å²) in [5.74, 6) is 0.117. The number of para-hydroxylation sites is 1. The van der Waals surface area contributed by atoms with E-state index in [2.05, 4.69) is 10.3 Å². The molecule has 36 heavy (non-hydrogen) atoms. The predicted octanol–water partition coefficient (Wildman–Crippen LogP) is 5.23. The van der Waals surface area contributed by atoms with Gasteiger partial charge in [-0.15, -0.1) is 0 Å². The lowest BCUT2D eigenvalue weighted by atomic mass is 10.2. The number of sulfonamides is 1. The van der Waals surface area contributed by atoms with Crippen molar-refractivity contribution >= 4 is 33.5 Å². The van der Waals surface area contributed by atoms with Gasteiger partial charge in [0.05, 0.1) is 17.1 Å². The van der Waals surface area contributed by atoms with Gasteiger partial charge in [-0.3, -0.25) is 14.7 Å². The number of nitrogens with one attached hydrogen (secondary N) is 1. The molecule has 0 saturated heterocycles. The summed E-state index contributed by atoms with van der Waals surface area (Å²) in [5, 5.41) is 3.29. The molecule has 7 nitrogen and oxygen atoms in total. The molecule has 3 aromatic carbocycles. The molecule has 0 spiro atoms. The Balaban J connectivity index is 1.42. The number of aromatic nitrogens is 2. The molecule has 0 radical (unpaired) electrons. The van der Waals surface area contributed by atoms with E-state index >= 15 is 0 Å². The van der Waals surface area contributed by atoms with Crippen LogP contribution in [0.5, 0.6) is 0 Å². The molecule has 1 N–H and O–H groups in total. The van der Waals surface area contributed by atoms with E-state index in [1.54, 1.807) is 4.57 Å². The van der Waals surface area contributed by atoms with Crippen molar-refractivity contribution in [3.8, 4) is 16.9 Å². The zero-order valence-electron chi connectivity index (χ0n) is 19.4. The second kappa shape index (κ2) is 10.3. The molecule has 184 valence electrons. The molecule has 1 aliphatic rings. The van der Waals surface area contributed by atoms with Crippen molar-refractivity contribution in [2.24, 2.45) is 5.92 Å². The number of hydrogen-bond acceptors (Lipinski definition) is 4. The van der Waals surface area contributed by atoms with Crippen molar-refractivity contribution < 1.29 is 13.2 Å². The van der Waals surface area contributed by atoms with Gasteiger partial charge in [0.15, 0.2) is 0 Å². The maximum Gasteiger partial charge on any atom is 0.243 e. The predicted molar refractivity (Wildman–Crippen MR) is 141 cm³/mol. The summed E-state index contributed by atoms with van der Waals surface area (Å²) in [6.45, 7) is -0.0233. The third-order valence-electron chi connectivity index (χ3n) is 5.99. The lowest BCUT2D eigenvalue weighted by Crippen LogP contribution is -2.39. The molecule has 1 aromatic heterocycles. The van der Waals surface area contributed by atoms with Gasteiger partial charge in [-0.05, 0) is 55.2 Å². The fourth-order valence-electron chi connectivity index (χ4n) is 3.92. The van der Waals surface area contributed by atoms with Gasteiger partial charge >= 0.3 is 0 Å². The summed E-state index contributed by atoms with van der Waals surface area (Å²) in [7, 11) is -3.87. The molecule has 9 heteroatoms. The fraction of sp³-hybridized carbons (Fsp3) is 0.185. The van der Waals surface area contributed by atoms with Gasteiger partial charge in [-0.25, -0.2) is 13.4 Å². The van der Waals surface area contributed by atoms with Crippen molar-refractivity contribution in [3.05, 3.63) is 96.1 Å². The lowest BCUT2D eigenvalue weighted by Gasteiger charge is -2.21. The van der Waals surface area contributed by atoms with Gasteiger partial charge in [-0.1, -0.05) is 60.1 Å². The van der Waals surface area contributed by atoms with Gasteiger partial charge in [-0.2, -0.15) is 4.31 Å². The smallest absolute Gasteiger partial charge is 0.243 e. The summed E-state index contributed by atoms with van der Waals surface area (Å²) < 4.78 is 29.7. The number of hydrogen-bond donors (Lipinski definition) is 1. The number of carbonyl (C=O) groups excluding carboxylic acids is 1. The van der Waals surface area contributed by atoms with Crippen LogP contribution in [0.2, 0.25) is 5.02 Å². The van der Waals surface area contributed by atoms with E-state index < -0.39 is 15.9 Å². The highest BCUT2D eigenvalue weighted by Crippen LogP contribution is 2.32. The first-order valence-corrected chi connectivity index (χ1v) is 13.5. The van der Waals surface area contributed by atoms with Crippen LogP contribution >= 0.6 is 11.6 Å². The number of nitrogens with zero attached hydrogens (tertiary/aromatic N) is 3. The molecule has 0 bridgehead atoms. The molecule has 1 heterocycles. The topological polar surface area (TPSA) is 84.3 Å². The lowest BCUT2D eigenvalue weighted by molar-refractivity contribution is -0.116. The maximum atomic E-state index is 13.4. The molecule has 1 amide bonds. The Bertz CT molecular complexity index is 1450. The van der Waals surface area contributed by atoms with Crippen LogP contribution in [0.15, 0.2) is 96.0 Å². The van der Waals surface area contributed by atoms with Crippen molar-refractivity contribution in [1.82, 2.24) is 13.9 Å². The monoisotopic (exact) mass is 520 g/mol. The maximum absolute atomic E-state index is 13.4. The van der Waals surface area contributed by atoms with Crippen LogP contribution in [-0.4, -0.2) is 41.3 Å². The fourth-order valence-corrected chi connectivity index (χ4v) is 5.52. The highest BCUT2D eigenvalue weighted by atomic mass is 35.5. The minimum Gasteiger partial charge on any atom is -0.294 e. The molecule has 4 aromatic rings. The van der Waals surface area contributed by atoms with E-state index in [1.807, 2.05) is 66.9 Å². The number of rotatable bonds is 9.